The molecule has 0 unspecified atom stereocenters. The molecule has 0 spiro atoms. The zero-order valence-corrected chi connectivity index (χ0v) is 12.4. The predicted octanol–water partition coefficient (Wildman–Crippen LogP) is 2.44. The Morgan fingerprint density at radius 2 is 2.10 bits per heavy atom. The van der Waals surface area contributed by atoms with E-state index in [-0.39, 0.29) is 13.1 Å². The van der Waals surface area contributed by atoms with Crippen LogP contribution in [0.15, 0.2) is 22.7 Å². The number of nitrogens with one attached hydrogen (secondary N) is 1. The van der Waals surface area contributed by atoms with Crippen LogP contribution in [0.1, 0.15) is 22.8 Å². The van der Waals surface area contributed by atoms with Gasteiger partial charge in [0.15, 0.2) is 0 Å². The predicted molar refractivity (Wildman–Crippen MR) is 72.8 cm³/mol. The Labute approximate surface area is 123 Å². The lowest BCUT2D eigenvalue weighted by Gasteiger charge is -2.22. The first-order valence-electron chi connectivity index (χ1n) is 5.85. The number of hydrazine groups is 1. The number of hydrogen-bond acceptors (Lipinski definition) is 3. The van der Waals surface area contributed by atoms with Gasteiger partial charge in [0.05, 0.1) is 6.54 Å². The second kappa shape index (κ2) is 7.05. The highest BCUT2D eigenvalue weighted by molar-refractivity contribution is 9.10. The van der Waals surface area contributed by atoms with Crippen LogP contribution in [0.4, 0.5) is 13.2 Å². The maximum absolute atomic E-state index is 12.4. The Morgan fingerprint density at radius 1 is 1.45 bits per heavy atom. The first kappa shape index (κ1) is 16.9. The Morgan fingerprint density at radius 3 is 2.55 bits per heavy atom. The van der Waals surface area contributed by atoms with E-state index in [2.05, 4.69) is 15.9 Å². The first-order valence-corrected chi connectivity index (χ1v) is 6.64. The number of rotatable bonds is 5. The molecule has 0 atom stereocenters. The molecule has 0 aliphatic rings. The van der Waals surface area contributed by atoms with Crippen molar-refractivity contribution in [1.29, 1.82) is 0 Å². The molecule has 1 aromatic rings. The molecule has 4 nitrogen and oxygen atoms in total. The number of hydrogen-bond donors (Lipinski definition) is 2. The van der Waals surface area contributed by atoms with Crippen LogP contribution in [-0.4, -0.2) is 30.1 Å². The largest absolute Gasteiger partial charge is 0.401 e. The van der Waals surface area contributed by atoms with Crippen LogP contribution >= 0.6 is 15.9 Å². The van der Waals surface area contributed by atoms with E-state index in [9.17, 15) is 18.0 Å². The minimum absolute atomic E-state index is 0.140. The molecule has 0 fully saturated rings. The lowest BCUT2D eigenvalue weighted by molar-refractivity contribution is -0.146. The number of nitrogens with zero attached hydrogens (tertiary/aromatic N) is 1. The minimum atomic E-state index is -4.23. The summed E-state index contributed by atoms with van der Waals surface area (Å²) in [7, 11) is 0. The molecule has 0 radical (unpaired) electrons. The van der Waals surface area contributed by atoms with Gasteiger partial charge in [-0.2, -0.15) is 13.2 Å². The van der Waals surface area contributed by atoms with E-state index >= 15 is 0 Å². The van der Waals surface area contributed by atoms with Crippen molar-refractivity contribution in [3.8, 4) is 0 Å². The number of nitrogen functional groups attached to an aromatic ring is 1. The summed E-state index contributed by atoms with van der Waals surface area (Å²) in [5.74, 6) is 4.56. The van der Waals surface area contributed by atoms with Gasteiger partial charge in [0.25, 0.3) is 5.91 Å². The van der Waals surface area contributed by atoms with E-state index in [0.29, 0.717) is 15.6 Å². The van der Waals surface area contributed by atoms with Crippen LogP contribution in [0.5, 0.6) is 0 Å². The lowest BCUT2D eigenvalue weighted by Crippen LogP contribution is -2.33. The normalized spacial score (nSPS) is 11.8. The smallest absolute Gasteiger partial charge is 0.291 e. The number of nitrogens with two attached hydrogens (primary N) is 1. The van der Waals surface area contributed by atoms with Crippen LogP contribution in [0, 0.1) is 0 Å². The van der Waals surface area contributed by atoms with Crippen molar-refractivity contribution in [3.63, 3.8) is 0 Å². The van der Waals surface area contributed by atoms with Gasteiger partial charge >= 0.3 is 6.18 Å². The number of carbonyl (C=O) groups excluding carboxylic acids is 1. The number of amides is 1. The van der Waals surface area contributed by atoms with E-state index in [1.807, 2.05) is 5.43 Å². The Bertz CT molecular complexity index is 480. The molecule has 8 heteroatoms. The minimum Gasteiger partial charge on any atom is -0.291 e. The van der Waals surface area contributed by atoms with Crippen molar-refractivity contribution in [2.24, 2.45) is 5.84 Å². The average molecular weight is 354 g/mol. The fourth-order valence-corrected chi connectivity index (χ4v) is 2.18. The van der Waals surface area contributed by atoms with Gasteiger partial charge in [-0.1, -0.05) is 28.9 Å². The zero-order chi connectivity index (χ0) is 15.3. The third-order valence-corrected chi connectivity index (χ3v) is 3.43. The fraction of sp³-hybridized carbons (Fsp3) is 0.417. The summed E-state index contributed by atoms with van der Waals surface area (Å²) in [6, 6.07) is 4.65. The second-order valence-corrected chi connectivity index (χ2v) is 5.05. The third kappa shape index (κ3) is 5.10. The lowest BCUT2D eigenvalue weighted by atomic mass is 10.1. The topological polar surface area (TPSA) is 58.4 Å². The molecule has 0 bridgehead atoms. The van der Waals surface area contributed by atoms with Crippen molar-refractivity contribution in [3.05, 3.63) is 33.8 Å². The van der Waals surface area contributed by atoms with Gasteiger partial charge in [0.1, 0.15) is 0 Å². The molecule has 0 saturated carbocycles. The summed E-state index contributed by atoms with van der Waals surface area (Å²) in [6.45, 7) is 1.11. The van der Waals surface area contributed by atoms with Gasteiger partial charge in [-0.15, -0.1) is 0 Å². The maximum atomic E-state index is 12.4. The molecular formula is C12H15BrF3N3O. The summed E-state index contributed by atoms with van der Waals surface area (Å²) in [6.07, 6.45) is -4.23. The van der Waals surface area contributed by atoms with E-state index < -0.39 is 18.6 Å². The van der Waals surface area contributed by atoms with Crippen molar-refractivity contribution in [1.82, 2.24) is 10.3 Å². The Hall–Kier alpha value is -1.12. The third-order valence-electron chi connectivity index (χ3n) is 2.69. The summed E-state index contributed by atoms with van der Waals surface area (Å²) in [5, 5.41) is 0. The Balaban J connectivity index is 2.84. The van der Waals surface area contributed by atoms with Crippen LogP contribution in [0.25, 0.3) is 0 Å². The molecule has 0 saturated heterocycles. The van der Waals surface area contributed by atoms with Crippen LogP contribution < -0.4 is 11.3 Å². The highest BCUT2D eigenvalue weighted by Gasteiger charge is 2.30. The van der Waals surface area contributed by atoms with Gasteiger partial charge < -0.3 is 0 Å². The van der Waals surface area contributed by atoms with E-state index in [1.165, 1.54) is 17.0 Å². The molecule has 0 aromatic heterocycles. The molecule has 1 amide bonds. The highest BCUT2D eigenvalue weighted by Crippen LogP contribution is 2.23. The van der Waals surface area contributed by atoms with E-state index in [4.69, 9.17) is 5.84 Å². The quantitative estimate of drug-likeness (QED) is 0.485. The first-order chi connectivity index (χ1) is 9.26. The van der Waals surface area contributed by atoms with Crippen LogP contribution in [-0.2, 0) is 6.54 Å². The maximum Gasteiger partial charge on any atom is 0.401 e. The van der Waals surface area contributed by atoms with Crippen molar-refractivity contribution < 1.29 is 18.0 Å². The molecule has 3 N–H and O–H groups in total. The standard InChI is InChI=1S/C12H15BrF3N3O/c1-2-19(7-12(14,15)16)6-9-4-3-8(5-10(9)13)11(20)18-17/h3-5H,2,6-7,17H2,1H3,(H,18,20). The summed E-state index contributed by atoms with van der Waals surface area (Å²) in [4.78, 5) is 12.6. The van der Waals surface area contributed by atoms with Crippen LogP contribution in [0.3, 0.4) is 0 Å². The molecule has 0 aliphatic carbocycles. The van der Waals surface area contributed by atoms with Gasteiger partial charge in [-0.05, 0) is 24.2 Å². The number of halogens is 4. The molecular weight excluding hydrogens is 339 g/mol. The van der Waals surface area contributed by atoms with Crippen LogP contribution in [0.2, 0.25) is 0 Å². The Kier molecular flexibility index (Phi) is 5.97. The number of alkyl halides is 3. The van der Waals surface area contributed by atoms with Gasteiger partial charge in [0.2, 0.25) is 0 Å². The highest BCUT2D eigenvalue weighted by atomic mass is 79.9. The van der Waals surface area contributed by atoms with Crippen molar-refractivity contribution in [2.45, 2.75) is 19.6 Å². The molecule has 20 heavy (non-hydrogen) atoms. The number of benzene rings is 1. The average Bonchev–Trinajstić information content (AvgIpc) is 2.37. The zero-order valence-electron chi connectivity index (χ0n) is 10.8. The SMILES string of the molecule is CCN(Cc1ccc(C(=O)NN)cc1Br)CC(F)(F)F. The summed E-state index contributed by atoms with van der Waals surface area (Å²) < 4.78 is 37.7. The number of carbonyl (C=O) groups is 1. The molecule has 0 heterocycles. The summed E-state index contributed by atoms with van der Waals surface area (Å²) in [5.41, 5.74) is 3.00. The summed E-state index contributed by atoms with van der Waals surface area (Å²) >= 11 is 3.25. The second-order valence-electron chi connectivity index (χ2n) is 4.20. The van der Waals surface area contributed by atoms with E-state index in [1.54, 1.807) is 13.0 Å². The van der Waals surface area contributed by atoms with Crippen molar-refractivity contribution in [2.75, 3.05) is 13.1 Å². The molecule has 1 rings (SSSR count). The van der Waals surface area contributed by atoms with E-state index in [0.717, 1.165) is 0 Å². The molecule has 1 aromatic carbocycles. The van der Waals surface area contributed by atoms with Crippen molar-refractivity contribution >= 4 is 21.8 Å². The fourth-order valence-electron chi connectivity index (χ4n) is 1.67. The molecule has 0 aliphatic heterocycles. The monoisotopic (exact) mass is 353 g/mol. The van der Waals surface area contributed by atoms with Gasteiger partial charge in [-0.3, -0.25) is 15.1 Å². The van der Waals surface area contributed by atoms with Gasteiger partial charge in [0, 0.05) is 16.6 Å². The van der Waals surface area contributed by atoms with Gasteiger partial charge in [-0.25, -0.2) is 5.84 Å². The molecule has 112 valence electrons.